The summed E-state index contributed by atoms with van der Waals surface area (Å²) in [5, 5.41) is 11.4. The monoisotopic (exact) mass is 221 g/mol. The van der Waals surface area contributed by atoms with Gasteiger partial charge in [0.2, 0.25) is 0 Å². The van der Waals surface area contributed by atoms with Crippen molar-refractivity contribution >= 4 is 12.2 Å². The first-order valence-corrected chi connectivity index (χ1v) is 5.21. The van der Waals surface area contributed by atoms with E-state index in [9.17, 15) is 10.0 Å². The van der Waals surface area contributed by atoms with E-state index in [-0.39, 0.29) is 18.9 Å². The lowest BCUT2D eigenvalue weighted by Gasteiger charge is -2.03. The Morgan fingerprint density at radius 1 is 1.44 bits per heavy atom. The molecule has 0 aliphatic carbocycles. The molecule has 0 bridgehead atoms. The third-order valence-electron chi connectivity index (χ3n) is 1.93. The minimum Gasteiger partial charge on any atom is -0.624 e. The van der Waals surface area contributed by atoms with Crippen molar-refractivity contribution in [3.8, 4) is 0 Å². The summed E-state index contributed by atoms with van der Waals surface area (Å²) in [5.41, 5.74) is 0.821. The number of ether oxygens (including phenoxy) is 1. The smallest absolute Gasteiger partial charge is 0.312 e. The molecule has 0 fully saturated rings. The Bertz CT molecular complexity index is 360. The van der Waals surface area contributed by atoms with E-state index in [4.69, 9.17) is 4.74 Å². The fourth-order valence-corrected chi connectivity index (χ4v) is 1.20. The SMILES string of the molecule is CCOC(=O)CC/[N+]([O-])=C\c1ccccc1. The fraction of sp³-hybridized carbons (Fsp3) is 0.333. The van der Waals surface area contributed by atoms with Gasteiger partial charge in [-0.25, -0.2) is 4.74 Å². The Hall–Kier alpha value is -1.84. The van der Waals surface area contributed by atoms with Gasteiger partial charge in [-0.1, -0.05) is 18.2 Å². The molecule has 0 unspecified atom stereocenters. The summed E-state index contributed by atoms with van der Waals surface area (Å²) in [5.74, 6) is -0.343. The van der Waals surface area contributed by atoms with Crippen LogP contribution in [0.1, 0.15) is 18.9 Å². The third-order valence-corrected chi connectivity index (χ3v) is 1.93. The van der Waals surface area contributed by atoms with E-state index < -0.39 is 0 Å². The molecule has 0 spiro atoms. The average Bonchev–Trinajstić information content (AvgIpc) is 2.28. The van der Waals surface area contributed by atoms with Gasteiger partial charge in [0.15, 0.2) is 12.8 Å². The maximum absolute atomic E-state index is 11.4. The minimum atomic E-state index is -0.343. The zero-order valence-electron chi connectivity index (χ0n) is 9.26. The molecule has 1 aromatic carbocycles. The second kappa shape index (κ2) is 6.61. The summed E-state index contributed by atoms with van der Waals surface area (Å²) in [4.78, 5) is 11.0. The van der Waals surface area contributed by atoms with E-state index in [0.717, 1.165) is 10.3 Å². The Kier molecular flexibility index (Phi) is 5.05. The first-order chi connectivity index (χ1) is 7.72. The number of benzene rings is 1. The second-order valence-corrected chi connectivity index (χ2v) is 3.24. The molecule has 1 aromatic rings. The molecule has 16 heavy (non-hydrogen) atoms. The minimum absolute atomic E-state index is 0.112. The standard InChI is InChI=1S/C12H15NO3/c1-2-16-12(14)8-9-13(15)10-11-6-4-3-5-7-11/h3-7,10H,2,8-9H2,1H3/b13-10+. The highest BCUT2D eigenvalue weighted by Gasteiger charge is 2.04. The molecule has 1 rings (SSSR count). The lowest BCUT2D eigenvalue weighted by molar-refractivity contribution is -0.451. The van der Waals surface area contributed by atoms with Gasteiger partial charge in [0.05, 0.1) is 6.61 Å². The summed E-state index contributed by atoms with van der Waals surface area (Å²) in [6.45, 7) is 2.21. The van der Waals surface area contributed by atoms with Gasteiger partial charge in [-0.05, 0) is 19.1 Å². The zero-order valence-corrected chi connectivity index (χ0v) is 9.26. The van der Waals surface area contributed by atoms with E-state index in [1.165, 1.54) is 6.21 Å². The molecule has 0 heterocycles. The van der Waals surface area contributed by atoms with Crippen molar-refractivity contribution in [2.45, 2.75) is 13.3 Å². The summed E-state index contributed by atoms with van der Waals surface area (Å²) in [7, 11) is 0. The molecule has 0 saturated carbocycles. The largest absolute Gasteiger partial charge is 0.624 e. The van der Waals surface area contributed by atoms with Crippen molar-refractivity contribution in [3.05, 3.63) is 41.1 Å². The van der Waals surface area contributed by atoms with Crippen molar-refractivity contribution in [1.29, 1.82) is 0 Å². The van der Waals surface area contributed by atoms with Gasteiger partial charge < -0.3 is 9.94 Å². The van der Waals surface area contributed by atoms with E-state index in [1.807, 2.05) is 30.3 Å². The average molecular weight is 221 g/mol. The lowest BCUT2D eigenvalue weighted by Crippen LogP contribution is -2.14. The highest BCUT2D eigenvalue weighted by molar-refractivity contribution is 5.75. The molecular weight excluding hydrogens is 206 g/mol. The third kappa shape index (κ3) is 4.59. The molecule has 0 radical (unpaired) electrons. The number of nitrogens with zero attached hydrogens (tertiary/aromatic N) is 1. The molecule has 0 saturated heterocycles. The fourth-order valence-electron chi connectivity index (χ4n) is 1.20. The van der Waals surface area contributed by atoms with Gasteiger partial charge in [-0.15, -0.1) is 0 Å². The van der Waals surface area contributed by atoms with Crippen LogP contribution in [-0.4, -0.2) is 30.1 Å². The highest BCUT2D eigenvalue weighted by Crippen LogP contribution is 1.94. The molecule has 86 valence electrons. The van der Waals surface area contributed by atoms with E-state index in [0.29, 0.717) is 6.61 Å². The summed E-state index contributed by atoms with van der Waals surface area (Å²) in [6.07, 6.45) is 1.57. The number of carbonyl (C=O) groups is 1. The Morgan fingerprint density at radius 3 is 2.75 bits per heavy atom. The molecule has 0 aromatic heterocycles. The maximum Gasteiger partial charge on any atom is 0.312 e. The van der Waals surface area contributed by atoms with E-state index >= 15 is 0 Å². The number of hydrogen-bond acceptors (Lipinski definition) is 3. The van der Waals surface area contributed by atoms with Crippen LogP contribution in [-0.2, 0) is 9.53 Å². The van der Waals surface area contributed by atoms with Crippen LogP contribution >= 0.6 is 0 Å². The van der Waals surface area contributed by atoms with Gasteiger partial charge in [-0.3, -0.25) is 4.79 Å². The van der Waals surface area contributed by atoms with Crippen LogP contribution in [0.5, 0.6) is 0 Å². The molecule has 0 N–H and O–H groups in total. The van der Waals surface area contributed by atoms with Gasteiger partial charge >= 0.3 is 5.97 Å². The van der Waals surface area contributed by atoms with Crippen molar-refractivity contribution in [3.63, 3.8) is 0 Å². The number of rotatable bonds is 5. The number of hydroxylamine groups is 1. The normalized spacial score (nSPS) is 11.2. The first-order valence-electron chi connectivity index (χ1n) is 5.21. The summed E-state index contributed by atoms with van der Waals surface area (Å²) >= 11 is 0. The maximum atomic E-state index is 11.4. The molecule has 0 atom stereocenters. The van der Waals surface area contributed by atoms with Crippen LogP contribution in [0.4, 0.5) is 0 Å². The topological polar surface area (TPSA) is 52.4 Å². The van der Waals surface area contributed by atoms with Crippen LogP contribution < -0.4 is 0 Å². The van der Waals surface area contributed by atoms with Gasteiger partial charge in [0.25, 0.3) is 0 Å². The van der Waals surface area contributed by atoms with Gasteiger partial charge in [0, 0.05) is 5.56 Å². The van der Waals surface area contributed by atoms with E-state index in [2.05, 4.69) is 0 Å². The summed E-state index contributed by atoms with van der Waals surface area (Å²) in [6, 6.07) is 9.24. The second-order valence-electron chi connectivity index (χ2n) is 3.24. The van der Waals surface area contributed by atoms with Crippen LogP contribution in [0.25, 0.3) is 0 Å². The van der Waals surface area contributed by atoms with Crippen LogP contribution in [0.3, 0.4) is 0 Å². The van der Waals surface area contributed by atoms with Crippen molar-refractivity contribution in [1.82, 2.24) is 0 Å². The molecule has 4 heteroatoms. The molecular formula is C12H15NO3. The predicted molar refractivity (Wildman–Crippen MR) is 61.4 cm³/mol. The van der Waals surface area contributed by atoms with Crippen molar-refractivity contribution in [2.24, 2.45) is 0 Å². The Labute approximate surface area is 94.7 Å². The van der Waals surface area contributed by atoms with Crippen LogP contribution in [0, 0.1) is 5.21 Å². The van der Waals surface area contributed by atoms with Crippen molar-refractivity contribution in [2.75, 3.05) is 13.2 Å². The lowest BCUT2D eigenvalue weighted by atomic mass is 10.2. The van der Waals surface area contributed by atoms with Gasteiger partial charge in [0.1, 0.15) is 6.42 Å². The van der Waals surface area contributed by atoms with E-state index in [1.54, 1.807) is 6.92 Å². The number of hydrogen-bond donors (Lipinski definition) is 0. The van der Waals surface area contributed by atoms with Crippen LogP contribution in [0.2, 0.25) is 0 Å². The Balaban J connectivity index is 2.43. The highest BCUT2D eigenvalue weighted by atomic mass is 16.5. The molecule has 0 aliphatic rings. The van der Waals surface area contributed by atoms with Crippen LogP contribution in [0.15, 0.2) is 30.3 Å². The summed E-state index contributed by atoms with van der Waals surface area (Å²) < 4.78 is 5.47. The molecule has 4 nitrogen and oxygen atoms in total. The quantitative estimate of drug-likeness (QED) is 0.249. The molecule has 0 amide bonds. The van der Waals surface area contributed by atoms with Crippen molar-refractivity contribution < 1.29 is 14.3 Å². The number of carbonyl (C=O) groups excluding carboxylic acids is 1. The zero-order chi connectivity index (χ0) is 11.8. The predicted octanol–water partition coefficient (Wildman–Crippen LogP) is 1.57. The van der Waals surface area contributed by atoms with Gasteiger partial charge in [-0.2, -0.15) is 0 Å². The first kappa shape index (κ1) is 12.2. The Morgan fingerprint density at radius 2 is 2.12 bits per heavy atom. The number of esters is 1. The molecule has 0 aliphatic heterocycles.